The number of alkyl halides is 3. The highest BCUT2D eigenvalue weighted by atomic mass is 35.5. The highest BCUT2D eigenvalue weighted by Gasteiger charge is 2.60. The zero-order chi connectivity index (χ0) is 20.0. The largest absolute Gasteiger partial charge is 0.428 e. The van der Waals surface area contributed by atoms with Gasteiger partial charge in [-0.25, -0.2) is 9.97 Å². The van der Waals surface area contributed by atoms with Crippen LogP contribution in [0.4, 0.5) is 13.2 Å². The Morgan fingerprint density at radius 2 is 1.85 bits per heavy atom. The third-order valence-corrected chi connectivity index (χ3v) is 4.45. The van der Waals surface area contributed by atoms with Gasteiger partial charge in [-0.1, -0.05) is 23.2 Å². The maximum atomic E-state index is 13.9. The number of hydrogen-bond acceptors (Lipinski definition) is 5. The van der Waals surface area contributed by atoms with Crippen molar-refractivity contribution in [3.63, 3.8) is 0 Å². The predicted molar refractivity (Wildman–Crippen MR) is 93.3 cm³/mol. The van der Waals surface area contributed by atoms with Crippen LogP contribution >= 0.6 is 34.8 Å². The number of rotatable bonds is 3. The Kier molecular flexibility index (Phi) is 5.11. The van der Waals surface area contributed by atoms with Gasteiger partial charge in [0.25, 0.3) is 5.24 Å². The van der Waals surface area contributed by atoms with Gasteiger partial charge in [0, 0.05) is 21.8 Å². The molecule has 0 saturated carbocycles. The van der Waals surface area contributed by atoms with Gasteiger partial charge >= 0.3 is 6.18 Å². The number of nitrogens with zero attached hydrogens (tertiary/aromatic N) is 2. The lowest BCUT2D eigenvalue weighted by molar-refractivity contribution is -0.269. The molecule has 5 nitrogen and oxygen atoms in total. The van der Waals surface area contributed by atoms with E-state index in [1.165, 1.54) is 13.0 Å². The van der Waals surface area contributed by atoms with Crippen molar-refractivity contribution in [3.8, 4) is 0 Å². The second-order valence-corrected chi connectivity index (χ2v) is 6.84. The number of carbonyl (C=O) groups is 1. The van der Waals surface area contributed by atoms with Gasteiger partial charge < -0.3 is 0 Å². The lowest BCUT2D eigenvalue weighted by Crippen LogP contribution is -2.42. The molecule has 1 aromatic carbocycles. The molecule has 11 heteroatoms. The van der Waals surface area contributed by atoms with Crippen molar-refractivity contribution in [2.45, 2.75) is 18.7 Å². The summed E-state index contributed by atoms with van der Waals surface area (Å²) in [6.07, 6.45) is -2.94. The van der Waals surface area contributed by atoms with E-state index in [0.717, 1.165) is 24.4 Å². The van der Waals surface area contributed by atoms with Gasteiger partial charge in [0.1, 0.15) is 5.70 Å². The first-order valence-electron chi connectivity index (χ1n) is 7.27. The van der Waals surface area contributed by atoms with E-state index in [0.29, 0.717) is 0 Å². The fourth-order valence-electron chi connectivity index (χ4n) is 2.51. The Morgan fingerprint density at radius 1 is 1.22 bits per heavy atom. The summed E-state index contributed by atoms with van der Waals surface area (Å²) < 4.78 is 41.7. The standard InChI is InChI=1S/C16H9Cl3F3N3O2/c1-7-11(13(19)26)6-23-14(24-7)12-5-15(27-25-12,16(20,21)22)8-2-9(17)4-10(18)3-8/h2-6,25H,1H3. The molecule has 142 valence electrons. The third kappa shape index (κ3) is 3.62. The van der Waals surface area contributed by atoms with E-state index in [1.54, 1.807) is 0 Å². The van der Waals surface area contributed by atoms with E-state index in [2.05, 4.69) is 15.4 Å². The average Bonchev–Trinajstić information content (AvgIpc) is 3.00. The number of carbonyl (C=O) groups excluding carboxylic acids is 1. The summed E-state index contributed by atoms with van der Waals surface area (Å²) in [7, 11) is 0. The number of hydroxylamine groups is 1. The molecule has 2 aromatic rings. The second-order valence-electron chi connectivity index (χ2n) is 5.62. The van der Waals surface area contributed by atoms with Gasteiger partial charge in [0.05, 0.1) is 11.3 Å². The number of benzene rings is 1. The van der Waals surface area contributed by atoms with Crippen LogP contribution in [0.2, 0.25) is 10.0 Å². The van der Waals surface area contributed by atoms with Gasteiger partial charge in [-0.2, -0.15) is 13.2 Å². The molecule has 1 N–H and O–H groups in total. The number of halogens is 6. The van der Waals surface area contributed by atoms with Crippen molar-refractivity contribution in [2.75, 3.05) is 0 Å². The molecule has 1 aliphatic heterocycles. The van der Waals surface area contributed by atoms with Crippen LogP contribution in [-0.2, 0) is 10.4 Å². The van der Waals surface area contributed by atoms with E-state index < -0.39 is 17.0 Å². The summed E-state index contributed by atoms with van der Waals surface area (Å²) in [5.41, 5.74) is -0.864. The maximum absolute atomic E-state index is 13.9. The SMILES string of the molecule is Cc1nc(C2=CC(c3cc(Cl)cc(Cl)c3)(C(F)(F)F)ON2)ncc1C(=O)Cl. The van der Waals surface area contributed by atoms with Crippen LogP contribution in [0, 0.1) is 6.92 Å². The number of aryl methyl sites for hydroxylation is 1. The van der Waals surface area contributed by atoms with Crippen molar-refractivity contribution >= 4 is 45.7 Å². The highest BCUT2D eigenvalue weighted by Crippen LogP contribution is 2.48. The lowest BCUT2D eigenvalue weighted by atomic mass is 9.92. The first kappa shape index (κ1) is 19.9. The van der Waals surface area contributed by atoms with E-state index in [9.17, 15) is 18.0 Å². The van der Waals surface area contributed by atoms with E-state index in [4.69, 9.17) is 39.6 Å². The zero-order valence-electron chi connectivity index (χ0n) is 13.4. The zero-order valence-corrected chi connectivity index (χ0v) is 15.6. The first-order valence-corrected chi connectivity index (χ1v) is 8.41. The monoisotopic (exact) mass is 437 g/mol. The van der Waals surface area contributed by atoms with Gasteiger partial charge in [-0.05, 0) is 42.8 Å². The quantitative estimate of drug-likeness (QED) is 0.697. The van der Waals surface area contributed by atoms with E-state index in [-0.39, 0.29) is 38.4 Å². The molecule has 0 spiro atoms. The van der Waals surface area contributed by atoms with Gasteiger partial charge in [-0.15, -0.1) is 0 Å². The maximum Gasteiger partial charge on any atom is 0.428 e. The molecule has 0 radical (unpaired) electrons. The Bertz CT molecular complexity index is 945. The van der Waals surface area contributed by atoms with Crippen molar-refractivity contribution < 1.29 is 22.8 Å². The number of nitrogens with one attached hydrogen (secondary N) is 1. The molecular weight excluding hydrogens is 430 g/mol. The van der Waals surface area contributed by atoms with E-state index >= 15 is 0 Å². The second kappa shape index (κ2) is 6.94. The topological polar surface area (TPSA) is 64.1 Å². The summed E-state index contributed by atoms with van der Waals surface area (Å²) in [4.78, 5) is 24.0. The van der Waals surface area contributed by atoms with Crippen LogP contribution in [0.15, 0.2) is 30.5 Å². The molecule has 0 bridgehead atoms. The van der Waals surface area contributed by atoms with Crippen LogP contribution in [0.5, 0.6) is 0 Å². The highest BCUT2D eigenvalue weighted by molar-refractivity contribution is 6.67. The minimum absolute atomic E-state index is 0.0173. The minimum atomic E-state index is -4.85. The van der Waals surface area contributed by atoms with Crippen molar-refractivity contribution in [3.05, 3.63) is 63.2 Å². The van der Waals surface area contributed by atoms with Crippen molar-refractivity contribution in [1.82, 2.24) is 15.4 Å². The first-order chi connectivity index (χ1) is 12.5. The molecule has 1 unspecified atom stereocenters. The van der Waals surface area contributed by atoms with Crippen molar-refractivity contribution in [2.24, 2.45) is 0 Å². The Morgan fingerprint density at radius 3 is 2.37 bits per heavy atom. The van der Waals surface area contributed by atoms with Crippen LogP contribution in [0.1, 0.15) is 27.4 Å². The summed E-state index contributed by atoms with van der Waals surface area (Å²) in [6, 6.07) is 3.50. The van der Waals surface area contributed by atoms with Crippen molar-refractivity contribution in [1.29, 1.82) is 0 Å². The van der Waals surface area contributed by atoms with Gasteiger partial charge in [0.15, 0.2) is 5.82 Å². The summed E-state index contributed by atoms with van der Waals surface area (Å²) in [5, 5.41) is -0.742. The average molecular weight is 439 g/mol. The van der Waals surface area contributed by atoms with Crippen LogP contribution in [0.25, 0.3) is 5.70 Å². The van der Waals surface area contributed by atoms with Crippen LogP contribution < -0.4 is 5.48 Å². The lowest BCUT2D eigenvalue weighted by Gasteiger charge is -2.28. The minimum Gasteiger partial charge on any atom is -0.275 e. The molecule has 1 aromatic heterocycles. The normalized spacial score (nSPS) is 19.6. The molecule has 0 saturated heterocycles. The van der Waals surface area contributed by atoms with E-state index in [1.807, 2.05) is 0 Å². The number of aromatic nitrogens is 2. The van der Waals surface area contributed by atoms with Gasteiger partial charge in [0.2, 0.25) is 5.60 Å². The predicted octanol–water partition coefficient (Wildman–Crippen LogP) is 4.80. The van der Waals surface area contributed by atoms with Crippen LogP contribution in [0.3, 0.4) is 0 Å². The molecule has 27 heavy (non-hydrogen) atoms. The molecule has 1 atom stereocenters. The van der Waals surface area contributed by atoms with Gasteiger partial charge in [-0.3, -0.25) is 15.1 Å². The molecule has 2 heterocycles. The summed E-state index contributed by atoms with van der Waals surface area (Å²) >= 11 is 17.1. The Labute approximate surface area is 166 Å². The molecule has 3 rings (SSSR count). The molecular formula is C16H9Cl3F3N3O2. The molecule has 0 fully saturated rings. The molecule has 0 amide bonds. The van der Waals surface area contributed by atoms with Crippen LogP contribution in [-0.4, -0.2) is 21.4 Å². The fourth-order valence-corrected chi connectivity index (χ4v) is 3.22. The molecule has 1 aliphatic rings. The summed E-state index contributed by atoms with van der Waals surface area (Å²) in [6.45, 7) is 1.48. The molecule has 0 aliphatic carbocycles. The Balaban J connectivity index is 2.12. The summed E-state index contributed by atoms with van der Waals surface area (Å²) in [5.74, 6) is -0.103. The number of hydrogen-bond donors (Lipinski definition) is 1. The Hall–Kier alpha value is -1.87. The smallest absolute Gasteiger partial charge is 0.275 e. The third-order valence-electron chi connectivity index (χ3n) is 3.81. The fraction of sp³-hybridized carbons (Fsp3) is 0.188.